The summed E-state index contributed by atoms with van der Waals surface area (Å²) in [6.07, 6.45) is 8.23. The highest BCUT2D eigenvalue weighted by Gasteiger charge is 2.41. The fourth-order valence-corrected chi connectivity index (χ4v) is 3.11. The van der Waals surface area contributed by atoms with Crippen LogP contribution in [0.1, 0.15) is 52.9 Å². The number of fused-ring (bicyclic) bond motifs is 1. The van der Waals surface area contributed by atoms with E-state index >= 15 is 0 Å². The van der Waals surface area contributed by atoms with Crippen LogP contribution in [0.5, 0.6) is 0 Å². The molecule has 1 saturated heterocycles. The number of rotatable bonds is 0. The van der Waals surface area contributed by atoms with Crippen molar-refractivity contribution in [3.63, 3.8) is 0 Å². The highest BCUT2D eigenvalue weighted by atomic mass is 16.6. The average Bonchev–Trinajstić information content (AvgIpc) is 2.52. The summed E-state index contributed by atoms with van der Waals surface area (Å²) in [4.78, 5) is 11.7. The number of carbonyl (C=O) groups excluding carboxylic acids is 1. The van der Waals surface area contributed by atoms with E-state index in [1.165, 1.54) is 24.8 Å². The van der Waals surface area contributed by atoms with Crippen molar-refractivity contribution in [3.8, 4) is 0 Å². The standard InChI is InChI=1S/C15H24O2/c1-10-5-4-6-11(2)9-14-13(8-7-10)12(3)15(16)17-14/h6,10,12-14H,4-5,7-9H2,1-3H3/b11-6+. The maximum Gasteiger partial charge on any atom is 0.309 e. The zero-order chi connectivity index (χ0) is 12.4. The molecule has 1 heterocycles. The molecule has 0 amide bonds. The maximum absolute atomic E-state index is 11.7. The zero-order valence-corrected chi connectivity index (χ0v) is 11.2. The summed E-state index contributed by atoms with van der Waals surface area (Å²) in [5.74, 6) is 1.31. The fourth-order valence-electron chi connectivity index (χ4n) is 3.11. The van der Waals surface area contributed by atoms with Crippen molar-refractivity contribution in [2.24, 2.45) is 17.8 Å². The molecule has 2 heteroatoms. The topological polar surface area (TPSA) is 26.3 Å². The van der Waals surface area contributed by atoms with Gasteiger partial charge in [0.2, 0.25) is 0 Å². The number of carbonyl (C=O) groups is 1. The third-order valence-corrected chi connectivity index (χ3v) is 4.43. The van der Waals surface area contributed by atoms with E-state index in [-0.39, 0.29) is 18.0 Å². The first-order chi connectivity index (χ1) is 8.08. The van der Waals surface area contributed by atoms with Gasteiger partial charge < -0.3 is 4.74 Å². The molecule has 17 heavy (non-hydrogen) atoms. The molecule has 2 rings (SSSR count). The van der Waals surface area contributed by atoms with Gasteiger partial charge in [-0.2, -0.15) is 0 Å². The monoisotopic (exact) mass is 236 g/mol. The number of esters is 1. The molecule has 0 spiro atoms. The highest BCUT2D eigenvalue weighted by Crippen LogP contribution is 2.37. The van der Waals surface area contributed by atoms with Crippen LogP contribution in [0.3, 0.4) is 0 Å². The number of allylic oxidation sites excluding steroid dienone is 1. The molecule has 4 unspecified atom stereocenters. The Kier molecular flexibility index (Phi) is 3.90. The SMILES string of the molecule is C/C1=C\CCC(C)CCC2C(C1)OC(=O)C2C. The van der Waals surface area contributed by atoms with E-state index in [9.17, 15) is 4.79 Å². The van der Waals surface area contributed by atoms with E-state index in [0.717, 1.165) is 18.8 Å². The van der Waals surface area contributed by atoms with Gasteiger partial charge in [-0.05, 0) is 32.1 Å². The molecule has 0 N–H and O–H groups in total. The molecule has 2 aliphatic rings. The Morgan fingerprint density at radius 3 is 2.76 bits per heavy atom. The van der Waals surface area contributed by atoms with Gasteiger partial charge in [0.15, 0.2) is 0 Å². The minimum absolute atomic E-state index is 0.0136. The van der Waals surface area contributed by atoms with Crippen LogP contribution >= 0.6 is 0 Å². The summed E-state index contributed by atoms with van der Waals surface area (Å²) in [6, 6.07) is 0. The van der Waals surface area contributed by atoms with Crippen LogP contribution in [0.4, 0.5) is 0 Å². The Labute approximate surface area is 104 Å². The molecule has 1 aliphatic heterocycles. The van der Waals surface area contributed by atoms with E-state index < -0.39 is 0 Å². The molecule has 0 aromatic carbocycles. The average molecular weight is 236 g/mol. The van der Waals surface area contributed by atoms with Crippen LogP contribution in [-0.4, -0.2) is 12.1 Å². The van der Waals surface area contributed by atoms with Crippen LogP contribution < -0.4 is 0 Å². The summed E-state index contributed by atoms with van der Waals surface area (Å²) in [7, 11) is 0. The van der Waals surface area contributed by atoms with Gasteiger partial charge in [0, 0.05) is 12.3 Å². The van der Waals surface area contributed by atoms with Crippen molar-refractivity contribution in [2.45, 2.75) is 59.0 Å². The first kappa shape index (κ1) is 12.7. The molecule has 0 saturated carbocycles. The normalized spacial score (nSPS) is 42.3. The van der Waals surface area contributed by atoms with Crippen molar-refractivity contribution in [1.29, 1.82) is 0 Å². The van der Waals surface area contributed by atoms with E-state index in [0.29, 0.717) is 5.92 Å². The van der Waals surface area contributed by atoms with Gasteiger partial charge in [0.25, 0.3) is 0 Å². The quantitative estimate of drug-likeness (QED) is 0.473. The predicted molar refractivity (Wildman–Crippen MR) is 68.5 cm³/mol. The van der Waals surface area contributed by atoms with Gasteiger partial charge in [-0.3, -0.25) is 4.79 Å². The summed E-state index contributed by atoms with van der Waals surface area (Å²) < 4.78 is 5.54. The lowest BCUT2D eigenvalue weighted by Crippen LogP contribution is -2.21. The van der Waals surface area contributed by atoms with Gasteiger partial charge in [-0.15, -0.1) is 0 Å². The molecule has 1 fully saturated rings. The van der Waals surface area contributed by atoms with Crippen LogP contribution in [0.15, 0.2) is 11.6 Å². The van der Waals surface area contributed by atoms with Crippen molar-refractivity contribution in [3.05, 3.63) is 11.6 Å². The maximum atomic E-state index is 11.7. The Morgan fingerprint density at radius 1 is 1.24 bits per heavy atom. The van der Waals surface area contributed by atoms with Gasteiger partial charge in [-0.1, -0.05) is 31.9 Å². The summed E-state index contributed by atoms with van der Waals surface area (Å²) >= 11 is 0. The Bertz CT molecular complexity index is 319. The minimum atomic E-state index is 0.0136. The summed E-state index contributed by atoms with van der Waals surface area (Å²) in [6.45, 7) is 6.52. The molecule has 96 valence electrons. The highest BCUT2D eigenvalue weighted by molar-refractivity contribution is 5.74. The van der Waals surface area contributed by atoms with Crippen LogP contribution in [-0.2, 0) is 9.53 Å². The molecule has 0 bridgehead atoms. The van der Waals surface area contributed by atoms with Gasteiger partial charge >= 0.3 is 5.97 Å². The number of hydrogen-bond donors (Lipinski definition) is 0. The predicted octanol–water partition coefficient (Wildman–Crippen LogP) is 3.71. The smallest absolute Gasteiger partial charge is 0.309 e. The Balaban J connectivity index is 2.13. The molecular formula is C15H24O2. The number of ether oxygens (including phenoxy) is 1. The molecule has 0 radical (unpaired) electrons. The third kappa shape index (κ3) is 2.91. The van der Waals surface area contributed by atoms with E-state index in [2.05, 4.69) is 19.9 Å². The summed E-state index contributed by atoms with van der Waals surface area (Å²) in [5.41, 5.74) is 1.39. The van der Waals surface area contributed by atoms with E-state index in [4.69, 9.17) is 4.74 Å². The second kappa shape index (κ2) is 5.24. The molecule has 2 nitrogen and oxygen atoms in total. The second-order valence-corrected chi connectivity index (χ2v) is 5.94. The molecule has 1 aliphatic carbocycles. The first-order valence-corrected chi connectivity index (χ1v) is 6.94. The Morgan fingerprint density at radius 2 is 2.00 bits per heavy atom. The van der Waals surface area contributed by atoms with Gasteiger partial charge in [0.1, 0.15) is 6.10 Å². The lowest BCUT2D eigenvalue weighted by atomic mass is 9.82. The van der Waals surface area contributed by atoms with Crippen molar-refractivity contribution < 1.29 is 9.53 Å². The molecule has 0 aromatic heterocycles. The van der Waals surface area contributed by atoms with Crippen molar-refractivity contribution in [2.75, 3.05) is 0 Å². The third-order valence-electron chi connectivity index (χ3n) is 4.43. The van der Waals surface area contributed by atoms with Gasteiger partial charge in [0.05, 0.1) is 5.92 Å². The second-order valence-electron chi connectivity index (χ2n) is 5.94. The lowest BCUT2D eigenvalue weighted by Gasteiger charge is -2.23. The minimum Gasteiger partial charge on any atom is -0.461 e. The first-order valence-electron chi connectivity index (χ1n) is 6.94. The van der Waals surface area contributed by atoms with Crippen LogP contribution in [0, 0.1) is 17.8 Å². The summed E-state index contributed by atoms with van der Waals surface area (Å²) in [5, 5.41) is 0. The molecule has 0 aromatic rings. The lowest BCUT2D eigenvalue weighted by molar-refractivity contribution is -0.143. The van der Waals surface area contributed by atoms with E-state index in [1.807, 2.05) is 6.92 Å². The number of hydrogen-bond acceptors (Lipinski definition) is 2. The molecular weight excluding hydrogens is 212 g/mol. The zero-order valence-electron chi connectivity index (χ0n) is 11.2. The van der Waals surface area contributed by atoms with Crippen LogP contribution in [0.25, 0.3) is 0 Å². The molecule has 4 atom stereocenters. The Hall–Kier alpha value is -0.790. The van der Waals surface area contributed by atoms with Crippen LogP contribution in [0.2, 0.25) is 0 Å². The fraction of sp³-hybridized carbons (Fsp3) is 0.800. The van der Waals surface area contributed by atoms with Crippen molar-refractivity contribution >= 4 is 5.97 Å². The van der Waals surface area contributed by atoms with Gasteiger partial charge in [-0.25, -0.2) is 0 Å². The largest absolute Gasteiger partial charge is 0.461 e. The van der Waals surface area contributed by atoms with E-state index in [1.54, 1.807) is 0 Å². The van der Waals surface area contributed by atoms with Crippen molar-refractivity contribution in [1.82, 2.24) is 0 Å².